The third kappa shape index (κ3) is 2.93. The number of rotatable bonds is 4. The van der Waals surface area contributed by atoms with Crippen LogP contribution in [-0.2, 0) is 19.1 Å². The molecule has 0 aliphatic heterocycles. The number of aliphatic hydroxyl groups excluding tert-OH is 1. The van der Waals surface area contributed by atoms with Crippen molar-refractivity contribution in [1.82, 2.24) is 9.78 Å². The van der Waals surface area contributed by atoms with E-state index in [0.717, 1.165) is 6.07 Å². The van der Waals surface area contributed by atoms with Gasteiger partial charge in [0.1, 0.15) is 5.82 Å². The van der Waals surface area contributed by atoms with Crippen LogP contribution in [0, 0.1) is 0 Å². The van der Waals surface area contributed by atoms with Crippen LogP contribution in [-0.4, -0.2) is 21.5 Å². The van der Waals surface area contributed by atoms with Crippen molar-refractivity contribution in [3.05, 3.63) is 47.2 Å². The third-order valence-corrected chi connectivity index (χ3v) is 2.98. The summed E-state index contributed by atoms with van der Waals surface area (Å²) in [6.45, 7) is -0.151. The lowest BCUT2D eigenvalue weighted by molar-refractivity contribution is -0.138. The molecule has 0 unspecified atom stereocenters. The lowest BCUT2D eigenvalue weighted by atomic mass is 10.1. The zero-order valence-electron chi connectivity index (χ0n) is 10.6. The highest BCUT2D eigenvalue weighted by atomic mass is 19.4. The van der Waals surface area contributed by atoms with Gasteiger partial charge in [-0.3, -0.25) is 0 Å². The molecule has 0 aliphatic rings. The minimum absolute atomic E-state index is 0.0626. The molecule has 4 nitrogen and oxygen atoms in total. The van der Waals surface area contributed by atoms with Gasteiger partial charge in [0.15, 0.2) is 0 Å². The number of nitrogens with two attached hydrogens (primary N) is 1. The van der Waals surface area contributed by atoms with Gasteiger partial charge in [0.2, 0.25) is 0 Å². The van der Waals surface area contributed by atoms with Crippen LogP contribution < -0.4 is 5.73 Å². The van der Waals surface area contributed by atoms with Gasteiger partial charge in [-0.2, -0.15) is 18.3 Å². The van der Waals surface area contributed by atoms with Gasteiger partial charge in [0, 0.05) is 18.6 Å². The van der Waals surface area contributed by atoms with Gasteiger partial charge >= 0.3 is 6.18 Å². The Kier molecular flexibility index (Phi) is 3.99. The van der Waals surface area contributed by atoms with Crippen LogP contribution in [0.4, 0.5) is 19.0 Å². The summed E-state index contributed by atoms with van der Waals surface area (Å²) in [6.07, 6.45) is -2.62. The second-order valence-electron chi connectivity index (χ2n) is 4.34. The van der Waals surface area contributed by atoms with Crippen LogP contribution in [0.25, 0.3) is 0 Å². The average Bonchev–Trinajstić information content (AvgIpc) is 2.72. The maximum Gasteiger partial charge on any atom is 0.416 e. The second kappa shape index (κ2) is 5.54. The van der Waals surface area contributed by atoms with Gasteiger partial charge < -0.3 is 10.8 Å². The van der Waals surface area contributed by atoms with E-state index in [-0.39, 0.29) is 24.5 Å². The van der Waals surface area contributed by atoms with Crippen molar-refractivity contribution in [3.63, 3.8) is 0 Å². The predicted molar refractivity (Wildman–Crippen MR) is 68.0 cm³/mol. The lowest BCUT2D eigenvalue weighted by Gasteiger charge is -2.13. The number of nitrogens with zero attached hydrogens (tertiary/aromatic N) is 2. The number of alkyl halides is 3. The zero-order valence-corrected chi connectivity index (χ0v) is 10.6. The van der Waals surface area contributed by atoms with Crippen LogP contribution in [0.3, 0.4) is 0 Å². The summed E-state index contributed by atoms with van der Waals surface area (Å²) < 4.78 is 40.0. The van der Waals surface area contributed by atoms with Crippen LogP contribution in [0.5, 0.6) is 0 Å². The fourth-order valence-electron chi connectivity index (χ4n) is 1.97. The molecule has 0 spiro atoms. The predicted octanol–water partition coefficient (Wildman–Crippen LogP) is 2.07. The monoisotopic (exact) mass is 285 g/mol. The first kappa shape index (κ1) is 14.4. The number of halogens is 3. The number of benzene rings is 1. The summed E-state index contributed by atoms with van der Waals surface area (Å²) in [6, 6.07) is 5.31. The van der Waals surface area contributed by atoms with Gasteiger partial charge in [-0.15, -0.1) is 0 Å². The summed E-state index contributed by atoms with van der Waals surface area (Å²) in [5, 5.41) is 12.8. The van der Waals surface area contributed by atoms with E-state index >= 15 is 0 Å². The van der Waals surface area contributed by atoms with Crippen molar-refractivity contribution in [3.8, 4) is 0 Å². The first-order valence-corrected chi connectivity index (χ1v) is 5.99. The van der Waals surface area contributed by atoms with Crippen LogP contribution >= 0.6 is 0 Å². The minimum Gasteiger partial charge on any atom is -0.396 e. The smallest absolute Gasteiger partial charge is 0.396 e. The molecule has 0 aliphatic carbocycles. The Morgan fingerprint density at radius 3 is 2.55 bits per heavy atom. The molecular weight excluding hydrogens is 271 g/mol. The van der Waals surface area contributed by atoms with E-state index in [9.17, 15) is 13.2 Å². The van der Waals surface area contributed by atoms with Crippen molar-refractivity contribution in [2.75, 3.05) is 12.3 Å². The number of aliphatic hydroxyl groups is 1. The summed E-state index contributed by atoms with van der Waals surface area (Å²) >= 11 is 0. The SMILES string of the molecule is Nc1c(CCO)cnn1Cc1ccccc1C(F)(F)F. The molecule has 0 saturated carbocycles. The van der Waals surface area contributed by atoms with E-state index in [4.69, 9.17) is 10.8 Å². The second-order valence-corrected chi connectivity index (χ2v) is 4.34. The number of anilines is 1. The van der Waals surface area contributed by atoms with E-state index in [2.05, 4.69) is 5.10 Å². The Balaban J connectivity index is 2.31. The highest BCUT2D eigenvalue weighted by Crippen LogP contribution is 2.32. The normalized spacial score (nSPS) is 11.8. The molecule has 0 bridgehead atoms. The van der Waals surface area contributed by atoms with Crippen molar-refractivity contribution in [2.24, 2.45) is 0 Å². The van der Waals surface area contributed by atoms with E-state index in [1.807, 2.05) is 0 Å². The molecule has 0 amide bonds. The van der Waals surface area contributed by atoms with E-state index in [1.165, 1.54) is 23.0 Å². The Labute approximate surface area is 113 Å². The van der Waals surface area contributed by atoms with Crippen molar-refractivity contribution in [1.29, 1.82) is 0 Å². The molecular formula is C13H14F3N3O. The molecule has 2 rings (SSSR count). The molecule has 0 fully saturated rings. The molecule has 0 radical (unpaired) electrons. The van der Waals surface area contributed by atoms with Crippen molar-refractivity contribution in [2.45, 2.75) is 19.1 Å². The van der Waals surface area contributed by atoms with Gasteiger partial charge in [-0.25, -0.2) is 4.68 Å². The molecule has 2 aromatic rings. The van der Waals surface area contributed by atoms with Crippen LogP contribution in [0.15, 0.2) is 30.5 Å². The fourth-order valence-corrected chi connectivity index (χ4v) is 1.97. The van der Waals surface area contributed by atoms with Crippen molar-refractivity contribution < 1.29 is 18.3 Å². The molecule has 108 valence electrons. The van der Waals surface area contributed by atoms with Crippen LogP contribution in [0.1, 0.15) is 16.7 Å². The summed E-state index contributed by atoms with van der Waals surface area (Å²) in [5.41, 5.74) is 5.83. The largest absolute Gasteiger partial charge is 0.416 e. The molecule has 1 aromatic carbocycles. The van der Waals surface area contributed by atoms with Gasteiger partial charge in [0.25, 0.3) is 0 Å². The van der Waals surface area contributed by atoms with E-state index in [1.54, 1.807) is 6.07 Å². The highest BCUT2D eigenvalue weighted by molar-refractivity contribution is 5.40. The number of hydrogen-bond donors (Lipinski definition) is 2. The summed E-state index contributed by atoms with van der Waals surface area (Å²) in [4.78, 5) is 0. The molecule has 3 N–H and O–H groups in total. The Hall–Kier alpha value is -2.02. The number of aromatic nitrogens is 2. The van der Waals surface area contributed by atoms with Gasteiger partial charge in [0.05, 0.1) is 18.3 Å². The van der Waals surface area contributed by atoms with Gasteiger partial charge in [-0.1, -0.05) is 18.2 Å². The fraction of sp³-hybridized carbons (Fsp3) is 0.308. The minimum atomic E-state index is -4.41. The first-order chi connectivity index (χ1) is 9.43. The highest BCUT2D eigenvalue weighted by Gasteiger charge is 2.33. The molecule has 1 heterocycles. The molecule has 1 aromatic heterocycles. The zero-order chi connectivity index (χ0) is 14.8. The molecule has 7 heteroatoms. The summed E-state index contributed by atoms with van der Waals surface area (Å²) in [5.74, 6) is 0.274. The molecule has 0 saturated heterocycles. The topological polar surface area (TPSA) is 64.1 Å². The third-order valence-electron chi connectivity index (χ3n) is 2.98. The first-order valence-electron chi connectivity index (χ1n) is 5.99. The van der Waals surface area contributed by atoms with E-state index in [0.29, 0.717) is 12.0 Å². The Morgan fingerprint density at radius 2 is 1.90 bits per heavy atom. The Bertz CT molecular complexity index is 593. The molecule has 0 atom stereocenters. The number of nitrogen functional groups attached to an aromatic ring is 1. The maximum absolute atomic E-state index is 12.9. The maximum atomic E-state index is 12.9. The average molecular weight is 285 g/mol. The lowest BCUT2D eigenvalue weighted by Crippen LogP contribution is -2.13. The number of hydrogen-bond acceptors (Lipinski definition) is 3. The Morgan fingerprint density at radius 1 is 1.20 bits per heavy atom. The molecule has 20 heavy (non-hydrogen) atoms. The summed E-state index contributed by atoms with van der Waals surface area (Å²) in [7, 11) is 0. The standard InChI is InChI=1S/C13H14F3N3O/c14-13(15,16)11-4-2-1-3-10(11)8-19-12(17)9(5-6-20)7-18-19/h1-4,7,20H,5-6,8,17H2. The van der Waals surface area contributed by atoms with Crippen molar-refractivity contribution >= 4 is 5.82 Å². The quantitative estimate of drug-likeness (QED) is 0.904. The van der Waals surface area contributed by atoms with Gasteiger partial charge in [-0.05, 0) is 11.6 Å². The van der Waals surface area contributed by atoms with Crippen LogP contribution in [0.2, 0.25) is 0 Å². The van der Waals surface area contributed by atoms with E-state index < -0.39 is 11.7 Å².